The molecule has 1 rings (SSSR count). The molecule has 0 saturated carbocycles. The Balaban J connectivity index is 3.01. The molecule has 0 aliphatic heterocycles. The number of likely N-dealkylation sites (N-methyl/N-ethyl adjacent to an activating group) is 1. The molecular formula is C12H22N6O2. The quantitative estimate of drug-likeness (QED) is 0.675. The molecule has 0 unspecified atom stereocenters. The van der Waals surface area contributed by atoms with Crippen molar-refractivity contribution >= 4 is 17.8 Å². The number of hydrogen-bond donors (Lipinski definition) is 2. The molecule has 0 spiro atoms. The molecule has 0 aliphatic rings. The van der Waals surface area contributed by atoms with Crippen molar-refractivity contribution in [2.75, 3.05) is 36.5 Å². The van der Waals surface area contributed by atoms with E-state index >= 15 is 0 Å². The molecule has 0 aromatic carbocycles. The number of rotatable bonds is 9. The molecule has 112 valence electrons. The first-order valence-corrected chi connectivity index (χ1v) is 6.76. The Morgan fingerprint density at radius 2 is 2.05 bits per heavy atom. The highest BCUT2D eigenvalue weighted by Crippen LogP contribution is 2.15. The van der Waals surface area contributed by atoms with E-state index in [0.29, 0.717) is 31.6 Å². The Hall–Kier alpha value is -2.12. The molecule has 0 radical (unpaired) electrons. The number of carbonyl (C=O) groups excluding carboxylic acids is 1. The minimum atomic E-state index is -0.437. The van der Waals surface area contributed by atoms with Gasteiger partial charge in [-0.2, -0.15) is 15.0 Å². The third-order valence-corrected chi connectivity index (χ3v) is 2.38. The van der Waals surface area contributed by atoms with E-state index < -0.39 is 5.91 Å². The fourth-order valence-electron chi connectivity index (χ4n) is 1.49. The van der Waals surface area contributed by atoms with E-state index in [-0.39, 0.29) is 12.6 Å². The monoisotopic (exact) mass is 282 g/mol. The summed E-state index contributed by atoms with van der Waals surface area (Å²) in [4.78, 5) is 25.4. The topological polar surface area (TPSA) is 106 Å². The lowest BCUT2D eigenvalue weighted by Crippen LogP contribution is -2.35. The summed E-state index contributed by atoms with van der Waals surface area (Å²) in [5.41, 5.74) is 5.22. The zero-order valence-electron chi connectivity index (χ0n) is 12.2. The van der Waals surface area contributed by atoms with Gasteiger partial charge in [0.15, 0.2) is 0 Å². The van der Waals surface area contributed by atoms with Gasteiger partial charge in [0, 0.05) is 13.1 Å². The van der Waals surface area contributed by atoms with E-state index in [1.807, 2.05) is 20.8 Å². The number of amides is 1. The average molecular weight is 282 g/mol. The highest BCUT2D eigenvalue weighted by atomic mass is 16.5. The van der Waals surface area contributed by atoms with Crippen LogP contribution in [-0.2, 0) is 4.79 Å². The molecular weight excluding hydrogens is 260 g/mol. The summed E-state index contributed by atoms with van der Waals surface area (Å²) in [6, 6.07) is 0.246. The van der Waals surface area contributed by atoms with Crippen LogP contribution in [0.3, 0.4) is 0 Å². The molecule has 20 heavy (non-hydrogen) atoms. The molecule has 1 amide bonds. The Kier molecular flexibility index (Phi) is 6.48. The first kappa shape index (κ1) is 15.9. The van der Waals surface area contributed by atoms with E-state index in [9.17, 15) is 4.79 Å². The van der Waals surface area contributed by atoms with Crippen LogP contribution in [0.5, 0.6) is 6.01 Å². The van der Waals surface area contributed by atoms with Crippen LogP contribution in [-0.4, -0.2) is 47.1 Å². The number of carbonyl (C=O) groups is 1. The van der Waals surface area contributed by atoms with Gasteiger partial charge < -0.3 is 20.7 Å². The molecule has 0 aliphatic carbocycles. The molecule has 0 atom stereocenters. The number of aromatic nitrogens is 3. The highest BCUT2D eigenvalue weighted by molar-refractivity contribution is 5.78. The third kappa shape index (κ3) is 4.87. The third-order valence-electron chi connectivity index (χ3n) is 2.38. The van der Waals surface area contributed by atoms with Crippen molar-refractivity contribution < 1.29 is 9.53 Å². The fraction of sp³-hybridized carbons (Fsp3) is 0.667. The van der Waals surface area contributed by atoms with Gasteiger partial charge in [0.2, 0.25) is 17.8 Å². The maximum absolute atomic E-state index is 11.1. The number of primary amides is 1. The predicted molar refractivity (Wildman–Crippen MR) is 76.9 cm³/mol. The van der Waals surface area contributed by atoms with Gasteiger partial charge in [-0.1, -0.05) is 6.92 Å². The van der Waals surface area contributed by atoms with Crippen LogP contribution in [0.4, 0.5) is 11.9 Å². The first-order chi connectivity index (χ1) is 9.60. The van der Waals surface area contributed by atoms with E-state index in [0.717, 1.165) is 6.42 Å². The summed E-state index contributed by atoms with van der Waals surface area (Å²) < 4.78 is 5.44. The van der Waals surface area contributed by atoms with Gasteiger partial charge in [0.1, 0.15) is 0 Å². The summed E-state index contributed by atoms with van der Waals surface area (Å²) in [5, 5.41) is 3.01. The van der Waals surface area contributed by atoms with Gasteiger partial charge in [-0.3, -0.25) is 4.79 Å². The Labute approximate surface area is 118 Å². The molecule has 8 nitrogen and oxygen atoms in total. The number of nitrogens with two attached hydrogens (primary N) is 1. The van der Waals surface area contributed by atoms with Gasteiger partial charge in [0.05, 0.1) is 13.2 Å². The molecule has 1 aromatic rings. The molecule has 3 N–H and O–H groups in total. The zero-order valence-corrected chi connectivity index (χ0v) is 12.2. The molecule has 1 heterocycles. The molecule has 0 bridgehead atoms. The maximum atomic E-state index is 11.1. The van der Waals surface area contributed by atoms with Crippen molar-refractivity contribution in [3.05, 3.63) is 0 Å². The van der Waals surface area contributed by atoms with Crippen molar-refractivity contribution in [2.24, 2.45) is 5.73 Å². The minimum absolute atomic E-state index is 0.0549. The van der Waals surface area contributed by atoms with Crippen LogP contribution < -0.4 is 20.7 Å². The second kappa shape index (κ2) is 8.13. The molecule has 1 aromatic heterocycles. The Morgan fingerprint density at radius 3 is 2.60 bits per heavy atom. The maximum Gasteiger partial charge on any atom is 0.323 e. The van der Waals surface area contributed by atoms with Crippen LogP contribution in [0, 0.1) is 0 Å². The number of nitrogens with zero attached hydrogens (tertiary/aromatic N) is 4. The van der Waals surface area contributed by atoms with Crippen molar-refractivity contribution in [3.8, 4) is 6.01 Å². The van der Waals surface area contributed by atoms with Crippen molar-refractivity contribution in [3.63, 3.8) is 0 Å². The Bertz CT molecular complexity index is 440. The average Bonchev–Trinajstić information content (AvgIpc) is 2.42. The number of ether oxygens (including phenoxy) is 1. The lowest BCUT2D eigenvalue weighted by Gasteiger charge is -2.19. The minimum Gasteiger partial charge on any atom is -0.463 e. The standard InChI is InChI=1S/C12H22N6O2/c1-4-7-20-12-16-10(14-5-2)15-11(17-12)18(6-3)8-9(13)19/h4-8H2,1-3H3,(H2,13,19)(H,14,15,16,17). The van der Waals surface area contributed by atoms with Crippen LogP contribution in [0.15, 0.2) is 0 Å². The van der Waals surface area contributed by atoms with Crippen LogP contribution in [0.25, 0.3) is 0 Å². The van der Waals surface area contributed by atoms with Gasteiger partial charge >= 0.3 is 6.01 Å². The van der Waals surface area contributed by atoms with E-state index in [4.69, 9.17) is 10.5 Å². The predicted octanol–water partition coefficient (Wildman–Crippen LogP) is 0.404. The van der Waals surface area contributed by atoms with E-state index in [2.05, 4.69) is 20.3 Å². The van der Waals surface area contributed by atoms with Crippen LogP contribution in [0.1, 0.15) is 27.2 Å². The number of anilines is 2. The normalized spacial score (nSPS) is 10.2. The molecule has 8 heteroatoms. The summed E-state index contributed by atoms with van der Waals surface area (Å²) in [7, 11) is 0. The smallest absolute Gasteiger partial charge is 0.323 e. The van der Waals surface area contributed by atoms with Crippen LogP contribution >= 0.6 is 0 Å². The second-order valence-electron chi connectivity index (χ2n) is 4.10. The van der Waals surface area contributed by atoms with Crippen molar-refractivity contribution in [1.82, 2.24) is 15.0 Å². The zero-order chi connectivity index (χ0) is 15.0. The summed E-state index contributed by atoms with van der Waals surface area (Å²) in [6.45, 7) is 7.66. The van der Waals surface area contributed by atoms with Crippen molar-refractivity contribution in [2.45, 2.75) is 27.2 Å². The lowest BCUT2D eigenvalue weighted by molar-refractivity contribution is -0.116. The Morgan fingerprint density at radius 1 is 1.30 bits per heavy atom. The van der Waals surface area contributed by atoms with Crippen molar-refractivity contribution in [1.29, 1.82) is 0 Å². The first-order valence-electron chi connectivity index (χ1n) is 6.76. The van der Waals surface area contributed by atoms with E-state index in [1.54, 1.807) is 4.90 Å². The van der Waals surface area contributed by atoms with Gasteiger partial charge in [0.25, 0.3) is 0 Å². The number of hydrogen-bond acceptors (Lipinski definition) is 7. The van der Waals surface area contributed by atoms with Gasteiger partial charge in [-0.15, -0.1) is 0 Å². The molecule has 0 fully saturated rings. The van der Waals surface area contributed by atoms with Gasteiger partial charge in [-0.05, 0) is 20.3 Å². The second-order valence-corrected chi connectivity index (χ2v) is 4.10. The largest absolute Gasteiger partial charge is 0.463 e. The van der Waals surface area contributed by atoms with E-state index in [1.165, 1.54) is 0 Å². The lowest BCUT2D eigenvalue weighted by atomic mass is 10.5. The summed E-state index contributed by atoms with van der Waals surface area (Å²) >= 11 is 0. The molecule has 0 saturated heterocycles. The summed E-state index contributed by atoms with van der Waals surface area (Å²) in [5.74, 6) is 0.364. The van der Waals surface area contributed by atoms with Gasteiger partial charge in [-0.25, -0.2) is 0 Å². The summed E-state index contributed by atoms with van der Waals surface area (Å²) in [6.07, 6.45) is 0.857. The van der Waals surface area contributed by atoms with Crippen LogP contribution in [0.2, 0.25) is 0 Å². The fourth-order valence-corrected chi connectivity index (χ4v) is 1.49. The number of nitrogens with one attached hydrogen (secondary N) is 1. The highest BCUT2D eigenvalue weighted by Gasteiger charge is 2.14. The SMILES string of the molecule is CCCOc1nc(NCC)nc(N(CC)CC(N)=O)n1.